The quantitative estimate of drug-likeness (QED) is 0.452. The highest BCUT2D eigenvalue weighted by atomic mass is 16.6. The number of phenols is 2. The van der Waals surface area contributed by atoms with Gasteiger partial charge in [-0.3, -0.25) is 10.1 Å². The van der Waals surface area contributed by atoms with Crippen molar-refractivity contribution in [2.75, 3.05) is 5.32 Å². The Balaban J connectivity index is 2.23. The summed E-state index contributed by atoms with van der Waals surface area (Å²) in [5.74, 6) is 0.00193. The molecule has 6 nitrogen and oxygen atoms in total. The molecule has 0 unspecified atom stereocenters. The van der Waals surface area contributed by atoms with E-state index < -0.39 is 4.92 Å². The van der Waals surface area contributed by atoms with E-state index in [1.807, 2.05) is 0 Å². The Bertz CT molecular complexity index is 656. The molecule has 20 heavy (non-hydrogen) atoms. The molecule has 0 amide bonds. The lowest BCUT2D eigenvalue weighted by atomic mass is 10.1. The Morgan fingerprint density at radius 1 is 1.25 bits per heavy atom. The standard InChI is InChI=1S/C14H14N2O4/c1-9-3-2-4-10(14(9)18)8-15-12-6-5-11(17)7-13(12)16(19)20/h2-7,15,17-18H,8H2,1H3. The fourth-order valence-electron chi connectivity index (χ4n) is 1.87. The van der Waals surface area contributed by atoms with Gasteiger partial charge in [0.25, 0.3) is 5.69 Å². The van der Waals surface area contributed by atoms with Crippen LogP contribution in [-0.4, -0.2) is 15.1 Å². The van der Waals surface area contributed by atoms with Crippen molar-refractivity contribution < 1.29 is 15.1 Å². The van der Waals surface area contributed by atoms with Crippen LogP contribution in [0.25, 0.3) is 0 Å². The van der Waals surface area contributed by atoms with Gasteiger partial charge in [-0.2, -0.15) is 0 Å². The molecule has 0 saturated heterocycles. The number of hydrogen-bond donors (Lipinski definition) is 3. The fraction of sp³-hybridized carbons (Fsp3) is 0.143. The summed E-state index contributed by atoms with van der Waals surface area (Å²) in [6, 6.07) is 9.20. The van der Waals surface area contributed by atoms with Crippen molar-refractivity contribution >= 4 is 11.4 Å². The second-order valence-electron chi connectivity index (χ2n) is 4.39. The molecule has 104 valence electrons. The molecule has 0 atom stereocenters. The van der Waals surface area contributed by atoms with Crippen LogP contribution >= 0.6 is 0 Å². The van der Waals surface area contributed by atoms with E-state index in [9.17, 15) is 20.3 Å². The number of aromatic hydroxyl groups is 2. The van der Waals surface area contributed by atoms with Gasteiger partial charge in [0.2, 0.25) is 0 Å². The molecule has 0 fully saturated rings. The van der Waals surface area contributed by atoms with Crippen molar-refractivity contribution in [1.29, 1.82) is 0 Å². The number of rotatable bonds is 4. The van der Waals surface area contributed by atoms with Gasteiger partial charge in [-0.05, 0) is 24.6 Å². The summed E-state index contributed by atoms with van der Waals surface area (Å²) in [5, 5.41) is 33.0. The number of nitro groups is 1. The largest absolute Gasteiger partial charge is 0.508 e. The zero-order valence-electron chi connectivity index (χ0n) is 10.8. The average Bonchev–Trinajstić information content (AvgIpc) is 2.41. The Hall–Kier alpha value is -2.76. The average molecular weight is 274 g/mol. The van der Waals surface area contributed by atoms with E-state index in [1.54, 1.807) is 25.1 Å². The minimum Gasteiger partial charge on any atom is -0.508 e. The summed E-state index contributed by atoms with van der Waals surface area (Å²) in [6.45, 7) is 2.03. The van der Waals surface area contributed by atoms with Crippen LogP contribution < -0.4 is 5.32 Å². The van der Waals surface area contributed by atoms with Crippen LogP contribution in [0.3, 0.4) is 0 Å². The number of hydrogen-bond acceptors (Lipinski definition) is 5. The molecule has 2 rings (SSSR count). The van der Waals surface area contributed by atoms with Gasteiger partial charge in [-0.1, -0.05) is 18.2 Å². The van der Waals surface area contributed by atoms with Crippen molar-refractivity contribution in [2.45, 2.75) is 13.5 Å². The van der Waals surface area contributed by atoms with Crippen LogP contribution in [0.1, 0.15) is 11.1 Å². The zero-order chi connectivity index (χ0) is 14.7. The Morgan fingerprint density at radius 3 is 2.70 bits per heavy atom. The molecular weight excluding hydrogens is 260 g/mol. The highest BCUT2D eigenvalue weighted by Gasteiger charge is 2.14. The smallest absolute Gasteiger partial charge is 0.296 e. The van der Waals surface area contributed by atoms with E-state index in [-0.39, 0.29) is 29.4 Å². The Labute approximate surface area is 115 Å². The second-order valence-corrected chi connectivity index (χ2v) is 4.39. The molecule has 3 N–H and O–H groups in total. The number of nitro benzene ring substituents is 1. The molecular formula is C14H14N2O4. The fourth-order valence-corrected chi connectivity index (χ4v) is 1.87. The molecule has 2 aromatic carbocycles. The summed E-state index contributed by atoms with van der Waals surface area (Å²) in [5.41, 5.74) is 1.46. The van der Waals surface area contributed by atoms with Gasteiger partial charge in [0.15, 0.2) is 0 Å². The molecule has 6 heteroatoms. The van der Waals surface area contributed by atoms with Crippen molar-refractivity contribution in [2.24, 2.45) is 0 Å². The van der Waals surface area contributed by atoms with E-state index in [1.165, 1.54) is 12.1 Å². The summed E-state index contributed by atoms with van der Waals surface area (Å²) in [4.78, 5) is 10.3. The molecule has 2 aromatic rings. The van der Waals surface area contributed by atoms with Gasteiger partial charge in [0, 0.05) is 12.1 Å². The van der Waals surface area contributed by atoms with Crippen molar-refractivity contribution in [1.82, 2.24) is 0 Å². The molecule has 0 radical (unpaired) electrons. The molecule has 0 saturated carbocycles. The van der Waals surface area contributed by atoms with E-state index in [2.05, 4.69) is 5.32 Å². The number of aryl methyl sites for hydroxylation is 1. The summed E-state index contributed by atoms with van der Waals surface area (Å²) < 4.78 is 0. The lowest BCUT2D eigenvalue weighted by molar-refractivity contribution is -0.384. The van der Waals surface area contributed by atoms with E-state index in [0.29, 0.717) is 5.56 Å². The van der Waals surface area contributed by atoms with Crippen LogP contribution in [-0.2, 0) is 6.54 Å². The predicted octanol–water partition coefficient (Wildman–Crippen LogP) is 2.93. The lowest BCUT2D eigenvalue weighted by Gasteiger charge is -2.10. The maximum absolute atomic E-state index is 10.9. The van der Waals surface area contributed by atoms with E-state index in [0.717, 1.165) is 11.6 Å². The highest BCUT2D eigenvalue weighted by molar-refractivity contribution is 5.64. The Morgan fingerprint density at radius 2 is 2.00 bits per heavy atom. The van der Waals surface area contributed by atoms with Crippen LogP contribution in [0.15, 0.2) is 36.4 Å². The third-order valence-corrected chi connectivity index (χ3v) is 2.97. The number of anilines is 1. The first-order valence-corrected chi connectivity index (χ1v) is 5.98. The number of nitrogens with zero attached hydrogens (tertiary/aromatic N) is 1. The molecule has 0 aliphatic rings. The van der Waals surface area contributed by atoms with Crippen molar-refractivity contribution in [3.63, 3.8) is 0 Å². The first kappa shape index (κ1) is 13.7. The van der Waals surface area contributed by atoms with Crippen LogP contribution in [0, 0.1) is 17.0 Å². The highest BCUT2D eigenvalue weighted by Crippen LogP contribution is 2.29. The summed E-state index contributed by atoms with van der Waals surface area (Å²) >= 11 is 0. The topological polar surface area (TPSA) is 95.6 Å². The van der Waals surface area contributed by atoms with Crippen LogP contribution in [0.5, 0.6) is 11.5 Å². The maximum Gasteiger partial charge on any atom is 0.296 e. The number of nitrogens with one attached hydrogen (secondary N) is 1. The minimum absolute atomic E-state index is 0.166. The molecule has 0 aliphatic carbocycles. The number of phenolic OH excluding ortho intramolecular Hbond substituents is 2. The van der Waals surface area contributed by atoms with E-state index >= 15 is 0 Å². The normalized spacial score (nSPS) is 10.2. The van der Waals surface area contributed by atoms with Crippen LogP contribution in [0.4, 0.5) is 11.4 Å². The second kappa shape index (κ2) is 5.48. The third-order valence-electron chi connectivity index (χ3n) is 2.97. The first-order chi connectivity index (χ1) is 9.49. The van der Waals surface area contributed by atoms with Gasteiger partial charge in [0.05, 0.1) is 11.0 Å². The van der Waals surface area contributed by atoms with Gasteiger partial charge >= 0.3 is 0 Å². The van der Waals surface area contributed by atoms with Gasteiger partial charge in [-0.25, -0.2) is 0 Å². The zero-order valence-corrected chi connectivity index (χ0v) is 10.8. The first-order valence-electron chi connectivity index (χ1n) is 5.98. The van der Waals surface area contributed by atoms with Gasteiger partial charge < -0.3 is 15.5 Å². The molecule has 0 spiro atoms. The predicted molar refractivity (Wildman–Crippen MR) is 74.9 cm³/mol. The molecule has 0 aromatic heterocycles. The van der Waals surface area contributed by atoms with Crippen molar-refractivity contribution in [3.8, 4) is 11.5 Å². The Kier molecular flexibility index (Phi) is 3.74. The molecule has 0 aliphatic heterocycles. The lowest BCUT2D eigenvalue weighted by Crippen LogP contribution is -2.03. The SMILES string of the molecule is Cc1cccc(CNc2ccc(O)cc2[N+](=O)[O-])c1O. The summed E-state index contributed by atoms with van der Waals surface area (Å²) in [6.07, 6.45) is 0. The van der Waals surface area contributed by atoms with Crippen molar-refractivity contribution in [3.05, 3.63) is 57.6 Å². The summed E-state index contributed by atoms with van der Waals surface area (Å²) in [7, 11) is 0. The maximum atomic E-state index is 10.9. The minimum atomic E-state index is -0.571. The van der Waals surface area contributed by atoms with E-state index in [4.69, 9.17) is 0 Å². The van der Waals surface area contributed by atoms with Gasteiger partial charge in [0.1, 0.15) is 17.2 Å². The van der Waals surface area contributed by atoms with Crippen LogP contribution in [0.2, 0.25) is 0 Å². The number of benzene rings is 2. The molecule has 0 heterocycles. The van der Waals surface area contributed by atoms with Gasteiger partial charge in [-0.15, -0.1) is 0 Å². The molecule has 0 bridgehead atoms. The number of para-hydroxylation sites is 1. The third kappa shape index (κ3) is 2.80. The monoisotopic (exact) mass is 274 g/mol.